The van der Waals surface area contributed by atoms with Crippen LogP contribution in [0.1, 0.15) is 24.5 Å². The molecule has 3 rings (SSSR count). The summed E-state index contributed by atoms with van der Waals surface area (Å²) in [5, 5.41) is 2.29. The Morgan fingerprint density at radius 3 is 2.84 bits per heavy atom. The molecule has 1 amide bonds. The lowest BCUT2D eigenvalue weighted by Crippen LogP contribution is -2.29. The fraction of sp³-hybridized carbons (Fsp3) is 0.227. The predicted octanol–water partition coefficient (Wildman–Crippen LogP) is 4.34. The smallest absolute Gasteiger partial charge is 0.417 e. The molecule has 1 N–H and O–H groups in total. The highest BCUT2D eigenvalue weighted by atomic mass is 35.5. The van der Waals surface area contributed by atoms with E-state index >= 15 is 0 Å². The Hall–Kier alpha value is -3.33. The van der Waals surface area contributed by atoms with Gasteiger partial charge in [0.15, 0.2) is 5.78 Å². The molecule has 1 aliphatic carbocycles. The molecule has 1 aromatic rings. The zero-order valence-corrected chi connectivity index (χ0v) is 17.7. The first kappa shape index (κ1) is 23.3. The van der Waals surface area contributed by atoms with Crippen molar-refractivity contribution >= 4 is 29.5 Å². The molecule has 168 valence electrons. The van der Waals surface area contributed by atoms with Crippen molar-refractivity contribution in [1.82, 2.24) is 10.2 Å². The maximum atomic E-state index is 13.1. The number of benzene rings is 1. The second-order valence-electron chi connectivity index (χ2n) is 6.95. The molecule has 0 radical (unpaired) electrons. The van der Waals surface area contributed by atoms with Gasteiger partial charge < -0.3 is 15.0 Å². The van der Waals surface area contributed by atoms with Gasteiger partial charge in [-0.1, -0.05) is 17.7 Å². The minimum Gasteiger partial charge on any atom is -0.462 e. The van der Waals surface area contributed by atoms with Crippen molar-refractivity contribution < 1.29 is 27.5 Å². The highest BCUT2D eigenvalue weighted by Gasteiger charge is 2.33. The average Bonchev–Trinajstić information content (AvgIpc) is 2.73. The number of alkyl halides is 3. The number of nitrogens with one attached hydrogen (secondary N) is 1. The fourth-order valence-corrected chi connectivity index (χ4v) is 3.19. The van der Waals surface area contributed by atoms with E-state index in [9.17, 15) is 22.8 Å². The van der Waals surface area contributed by atoms with E-state index in [0.29, 0.717) is 30.1 Å². The maximum absolute atomic E-state index is 13.1. The van der Waals surface area contributed by atoms with E-state index in [4.69, 9.17) is 16.3 Å². The molecule has 0 unspecified atom stereocenters. The van der Waals surface area contributed by atoms with Gasteiger partial charge in [-0.2, -0.15) is 13.2 Å². The number of amides is 1. The van der Waals surface area contributed by atoms with E-state index in [1.165, 1.54) is 37.6 Å². The Bertz CT molecular complexity index is 1070. The van der Waals surface area contributed by atoms with Crippen molar-refractivity contribution in [3.05, 3.63) is 82.2 Å². The van der Waals surface area contributed by atoms with E-state index in [1.54, 1.807) is 17.3 Å². The van der Waals surface area contributed by atoms with Crippen molar-refractivity contribution in [2.45, 2.75) is 19.5 Å². The third-order valence-electron chi connectivity index (χ3n) is 4.51. The van der Waals surface area contributed by atoms with Gasteiger partial charge in [-0.15, -0.1) is 0 Å². The number of hydrogen-bond donors (Lipinski definition) is 1. The van der Waals surface area contributed by atoms with Crippen LogP contribution in [0, 0.1) is 0 Å². The van der Waals surface area contributed by atoms with Gasteiger partial charge in [0.05, 0.1) is 16.3 Å². The Labute approximate surface area is 187 Å². The number of carbonyl (C=O) groups is 2. The van der Waals surface area contributed by atoms with Crippen molar-refractivity contribution in [2.75, 3.05) is 13.1 Å². The highest BCUT2D eigenvalue weighted by Crippen LogP contribution is 2.35. The minimum absolute atomic E-state index is 0.0246. The summed E-state index contributed by atoms with van der Waals surface area (Å²) in [5.74, 6) is 0.0746. The number of allylic oxidation sites excluding steroid dienone is 3. The third-order valence-corrected chi connectivity index (χ3v) is 4.84. The molecule has 1 aliphatic heterocycles. The molecule has 0 atom stereocenters. The van der Waals surface area contributed by atoms with Crippen LogP contribution in [0.15, 0.2) is 71.0 Å². The van der Waals surface area contributed by atoms with Crippen molar-refractivity contribution in [3.63, 3.8) is 0 Å². The first-order chi connectivity index (χ1) is 15.1. The fourth-order valence-electron chi connectivity index (χ4n) is 2.97. The number of rotatable bonds is 6. The predicted molar refractivity (Wildman–Crippen MR) is 114 cm³/mol. The molecule has 0 saturated heterocycles. The Balaban J connectivity index is 1.87. The number of carbonyl (C=O) groups excluding carboxylic acids is 2. The van der Waals surface area contributed by atoms with Gasteiger partial charge >= 0.3 is 6.18 Å². The van der Waals surface area contributed by atoms with Gasteiger partial charge in [0.1, 0.15) is 12.0 Å². The average molecular weight is 466 g/mol. The molecule has 2 aliphatic rings. The molecule has 0 aromatic heterocycles. The molecule has 32 heavy (non-hydrogen) atoms. The second-order valence-corrected chi connectivity index (χ2v) is 7.36. The first-order valence-electron chi connectivity index (χ1n) is 9.54. The number of nitrogens with zero attached hydrogens (tertiary/aromatic N) is 2. The van der Waals surface area contributed by atoms with Crippen LogP contribution in [0.4, 0.5) is 13.2 Å². The highest BCUT2D eigenvalue weighted by molar-refractivity contribution is 6.31. The Morgan fingerprint density at radius 2 is 2.12 bits per heavy atom. The lowest BCUT2D eigenvalue weighted by Gasteiger charge is -2.23. The first-order valence-corrected chi connectivity index (χ1v) is 9.92. The number of ketones is 1. The lowest BCUT2D eigenvalue weighted by atomic mass is 9.99. The molecule has 0 bridgehead atoms. The molecular weight excluding hydrogens is 447 g/mol. The van der Waals surface area contributed by atoms with E-state index in [0.717, 1.165) is 12.1 Å². The molecule has 0 fully saturated rings. The minimum atomic E-state index is -4.59. The molecule has 0 spiro atoms. The summed E-state index contributed by atoms with van der Waals surface area (Å²) in [6, 6.07) is 3.49. The Kier molecular flexibility index (Phi) is 7.19. The monoisotopic (exact) mass is 465 g/mol. The zero-order chi connectivity index (χ0) is 23.3. The summed E-state index contributed by atoms with van der Waals surface area (Å²) in [6.07, 6.45) is 4.33. The molecule has 1 aromatic carbocycles. The quantitative estimate of drug-likeness (QED) is 0.634. The van der Waals surface area contributed by atoms with E-state index in [2.05, 4.69) is 10.3 Å². The molecule has 1 heterocycles. The van der Waals surface area contributed by atoms with Crippen molar-refractivity contribution in [1.29, 1.82) is 0 Å². The van der Waals surface area contributed by atoms with Crippen LogP contribution in [0.25, 0.3) is 0 Å². The van der Waals surface area contributed by atoms with Crippen molar-refractivity contribution in [3.8, 4) is 0 Å². The van der Waals surface area contributed by atoms with Crippen LogP contribution in [-0.4, -0.2) is 35.9 Å². The standard InChI is InChI=1S/C22H19ClF3N3O3/c1-14(30)27-6-7-29-8-9-32-21(13-29)17-11-16(31)3-5-20(17)28-12-15-2-4-19(23)18(10-15)22(24,25)26/h2-5,8-10,12-13H,6-7,11H2,1H3,(H,27,30). The van der Waals surface area contributed by atoms with Crippen LogP contribution >= 0.6 is 11.6 Å². The maximum Gasteiger partial charge on any atom is 0.417 e. The molecule has 6 nitrogen and oxygen atoms in total. The lowest BCUT2D eigenvalue weighted by molar-refractivity contribution is -0.137. The summed E-state index contributed by atoms with van der Waals surface area (Å²) in [7, 11) is 0. The second kappa shape index (κ2) is 9.86. The van der Waals surface area contributed by atoms with E-state index in [-0.39, 0.29) is 23.7 Å². The topological polar surface area (TPSA) is 71.0 Å². The van der Waals surface area contributed by atoms with Crippen LogP contribution in [0.2, 0.25) is 5.02 Å². The van der Waals surface area contributed by atoms with Gasteiger partial charge in [-0.25, -0.2) is 0 Å². The third kappa shape index (κ3) is 6.10. The number of hydrogen-bond acceptors (Lipinski definition) is 5. The van der Waals surface area contributed by atoms with E-state index in [1.807, 2.05) is 0 Å². The van der Waals surface area contributed by atoms with Crippen LogP contribution in [0.5, 0.6) is 0 Å². The van der Waals surface area contributed by atoms with Gasteiger partial charge in [0.2, 0.25) is 5.91 Å². The normalized spacial score (nSPS) is 16.5. The number of halogens is 4. The molecule has 0 saturated carbocycles. The van der Waals surface area contributed by atoms with Crippen LogP contribution in [0.3, 0.4) is 0 Å². The van der Waals surface area contributed by atoms with E-state index < -0.39 is 16.8 Å². The zero-order valence-electron chi connectivity index (χ0n) is 16.9. The molecule has 10 heteroatoms. The van der Waals surface area contributed by atoms with Gasteiger partial charge in [-0.05, 0) is 29.8 Å². The largest absolute Gasteiger partial charge is 0.462 e. The summed E-state index contributed by atoms with van der Waals surface area (Å²) >= 11 is 5.66. The number of aliphatic imine (C=N–C) groups is 1. The summed E-state index contributed by atoms with van der Waals surface area (Å²) in [5.41, 5.74) is 0.128. The summed E-state index contributed by atoms with van der Waals surface area (Å²) in [6.45, 7) is 2.30. The van der Waals surface area contributed by atoms with Gasteiger partial charge in [0, 0.05) is 50.6 Å². The van der Waals surface area contributed by atoms with Crippen molar-refractivity contribution in [2.24, 2.45) is 4.99 Å². The van der Waals surface area contributed by atoms with Gasteiger partial charge in [0.25, 0.3) is 0 Å². The van der Waals surface area contributed by atoms with Gasteiger partial charge in [-0.3, -0.25) is 14.6 Å². The van der Waals surface area contributed by atoms with Crippen LogP contribution < -0.4 is 5.32 Å². The SMILES string of the molecule is CC(=O)NCCN1C=COC(C2=C(N=Cc3ccc(Cl)c(C(F)(F)F)c3)C=CC(=O)C2)=C1. The summed E-state index contributed by atoms with van der Waals surface area (Å²) < 4.78 is 44.8. The summed E-state index contributed by atoms with van der Waals surface area (Å²) in [4.78, 5) is 29.1. The number of ether oxygens (including phenoxy) is 1. The molecular formula is C22H19ClF3N3O3. The Morgan fingerprint density at radius 1 is 1.34 bits per heavy atom. The van der Waals surface area contributed by atoms with Crippen LogP contribution in [-0.2, 0) is 20.5 Å².